The van der Waals surface area contributed by atoms with Crippen molar-refractivity contribution in [3.63, 3.8) is 0 Å². The summed E-state index contributed by atoms with van der Waals surface area (Å²) in [6.07, 6.45) is 3.80. The van der Waals surface area contributed by atoms with Gasteiger partial charge in [0, 0.05) is 0 Å². The van der Waals surface area contributed by atoms with E-state index in [0.717, 1.165) is 29.3 Å². The molecule has 0 bridgehead atoms. The van der Waals surface area contributed by atoms with Gasteiger partial charge in [-0.2, -0.15) is 0 Å². The first-order valence-electron chi connectivity index (χ1n) is 8.57. The molecule has 0 atom stereocenters. The second-order valence-corrected chi connectivity index (χ2v) is 6.61. The molecule has 3 heteroatoms. The minimum Gasteiger partial charge on any atom is -0.341 e. The molecule has 2 heterocycles. The Morgan fingerprint density at radius 1 is 0.957 bits per heavy atom. The normalized spacial score (nSPS) is 16.9. The van der Waals surface area contributed by atoms with Crippen molar-refractivity contribution in [2.45, 2.75) is 25.8 Å². The number of aromatic nitrogens is 2. The molecule has 1 fully saturated rings. The minimum absolute atomic E-state index is 0.823. The summed E-state index contributed by atoms with van der Waals surface area (Å²) in [6.45, 7) is 3.29. The molecule has 23 heavy (non-hydrogen) atoms. The first-order valence-corrected chi connectivity index (χ1v) is 8.57. The maximum absolute atomic E-state index is 4.70. The van der Waals surface area contributed by atoms with Gasteiger partial charge < -0.3 is 4.98 Å². The van der Waals surface area contributed by atoms with Crippen LogP contribution in [0.25, 0.3) is 11.0 Å². The average molecular weight is 305 g/mol. The summed E-state index contributed by atoms with van der Waals surface area (Å²) in [5, 5.41) is 0. The number of para-hydroxylation sites is 2. The van der Waals surface area contributed by atoms with Crippen LogP contribution in [0, 0.1) is 5.92 Å². The summed E-state index contributed by atoms with van der Waals surface area (Å²) in [5.74, 6) is 1.91. The first-order chi connectivity index (χ1) is 11.4. The molecule has 0 saturated carbocycles. The lowest BCUT2D eigenvalue weighted by atomic mass is 9.90. The van der Waals surface area contributed by atoms with Gasteiger partial charge in [0.2, 0.25) is 0 Å². The molecule has 3 nitrogen and oxygen atoms in total. The predicted octanol–water partition coefficient (Wildman–Crippen LogP) is 4.02. The van der Waals surface area contributed by atoms with E-state index >= 15 is 0 Å². The fraction of sp³-hybridized carbons (Fsp3) is 0.350. The Morgan fingerprint density at radius 3 is 2.48 bits per heavy atom. The monoisotopic (exact) mass is 305 g/mol. The molecule has 1 aliphatic rings. The van der Waals surface area contributed by atoms with Gasteiger partial charge in [0.15, 0.2) is 0 Å². The van der Waals surface area contributed by atoms with Crippen molar-refractivity contribution in [2.24, 2.45) is 5.92 Å². The lowest BCUT2D eigenvalue weighted by Gasteiger charge is -2.31. The van der Waals surface area contributed by atoms with E-state index in [1.807, 2.05) is 6.07 Å². The Morgan fingerprint density at radius 2 is 1.70 bits per heavy atom. The van der Waals surface area contributed by atoms with Gasteiger partial charge in [0.25, 0.3) is 0 Å². The van der Waals surface area contributed by atoms with E-state index in [9.17, 15) is 0 Å². The Kier molecular flexibility index (Phi) is 4.12. The molecule has 1 N–H and O–H groups in total. The van der Waals surface area contributed by atoms with E-state index in [1.165, 1.54) is 37.9 Å². The number of rotatable bonds is 4. The maximum atomic E-state index is 4.70. The molecule has 0 unspecified atom stereocenters. The van der Waals surface area contributed by atoms with E-state index < -0.39 is 0 Å². The quantitative estimate of drug-likeness (QED) is 0.789. The van der Waals surface area contributed by atoms with Gasteiger partial charge in [-0.15, -0.1) is 0 Å². The summed E-state index contributed by atoms with van der Waals surface area (Å²) in [7, 11) is 0. The highest BCUT2D eigenvalue weighted by atomic mass is 15.2. The molecular weight excluding hydrogens is 282 g/mol. The van der Waals surface area contributed by atoms with Crippen molar-refractivity contribution >= 4 is 11.0 Å². The van der Waals surface area contributed by atoms with Crippen molar-refractivity contribution in [2.75, 3.05) is 13.1 Å². The molecule has 118 valence electrons. The van der Waals surface area contributed by atoms with Crippen LogP contribution >= 0.6 is 0 Å². The summed E-state index contributed by atoms with van der Waals surface area (Å²) in [4.78, 5) is 10.7. The smallest absolute Gasteiger partial charge is 0.121 e. The van der Waals surface area contributed by atoms with Gasteiger partial charge in [-0.05, 0) is 56.0 Å². The second-order valence-electron chi connectivity index (χ2n) is 6.61. The van der Waals surface area contributed by atoms with Gasteiger partial charge in [0.1, 0.15) is 5.82 Å². The van der Waals surface area contributed by atoms with E-state index in [-0.39, 0.29) is 0 Å². The van der Waals surface area contributed by atoms with Crippen LogP contribution in [0.1, 0.15) is 24.2 Å². The van der Waals surface area contributed by atoms with Crippen molar-refractivity contribution in [3.05, 3.63) is 66.0 Å². The zero-order valence-electron chi connectivity index (χ0n) is 13.4. The van der Waals surface area contributed by atoms with Crippen molar-refractivity contribution in [1.29, 1.82) is 0 Å². The van der Waals surface area contributed by atoms with Crippen LogP contribution in [-0.4, -0.2) is 28.0 Å². The molecule has 1 saturated heterocycles. The van der Waals surface area contributed by atoms with E-state index in [2.05, 4.69) is 58.4 Å². The van der Waals surface area contributed by atoms with Crippen molar-refractivity contribution in [3.8, 4) is 0 Å². The SMILES string of the molecule is c1ccc(CC2CCN(Cc3nc4ccccc4[nH]3)CC2)cc1. The van der Waals surface area contributed by atoms with Gasteiger partial charge >= 0.3 is 0 Å². The van der Waals surface area contributed by atoms with Crippen LogP contribution in [0.5, 0.6) is 0 Å². The Balaban J connectivity index is 1.32. The van der Waals surface area contributed by atoms with Gasteiger partial charge in [0.05, 0.1) is 17.6 Å². The summed E-state index contributed by atoms with van der Waals surface area (Å²) < 4.78 is 0. The number of likely N-dealkylation sites (tertiary alicyclic amines) is 1. The standard InChI is InChI=1S/C20H23N3/c1-2-6-16(7-3-1)14-17-10-12-23(13-11-17)15-20-21-18-8-4-5-9-19(18)22-20/h1-9,17H,10-15H2,(H,21,22). The highest BCUT2D eigenvalue weighted by molar-refractivity contribution is 5.74. The van der Waals surface area contributed by atoms with Crippen LogP contribution in [0.3, 0.4) is 0 Å². The minimum atomic E-state index is 0.823. The largest absolute Gasteiger partial charge is 0.341 e. The van der Waals surface area contributed by atoms with Gasteiger partial charge in [-0.1, -0.05) is 42.5 Å². The molecule has 2 aromatic carbocycles. The zero-order valence-corrected chi connectivity index (χ0v) is 13.4. The lowest BCUT2D eigenvalue weighted by Crippen LogP contribution is -2.34. The number of nitrogens with zero attached hydrogens (tertiary/aromatic N) is 2. The van der Waals surface area contributed by atoms with Crippen LogP contribution in [-0.2, 0) is 13.0 Å². The van der Waals surface area contributed by atoms with Gasteiger partial charge in [-0.25, -0.2) is 4.98 Å². The zero-order chi connectivity index (χ0) is 15.5. The van der Waals surface area contributed by atoms with Crippen molar-refractivity contribution in [1.82, 2.24) is 14.9 Å². The molecule has 1 aromatic heterocycles. The average Bonchev–Trinajstić information content (AvgIpc) is 3.00. The number of hydrogen-bond acceptors (Lipinski definition) is 2. The Hall–Kier alpha value is -2.13. The number of hydrogen-bond donors (Lipinski definition) is 1. The molecule has 1 aliphatic heterocycles. The van der Waals surface area contributed by atoms with Crippen LogP contribution in [0.15, 0.2) is 54.6 Å². The van der Waals surface area contributed by atoms with E-state index in [1.54, 1.807) is 0 Å². The van der Waals surface area contributed by atoms with Crippen molar-refractivity contribution < 1.29 is 0 Å². The summed E-state index contributed by atoms with van der Waals surface area (Å²) in [6, 6.07) is 19.2. The molecule has 3 aromatic rings. The number of benzene rings is 2. The van der Waals surface area contributed by atoms with Gasteiger partial charge in [-0.3, -0.25) is 4.90 Å². The second kappa shape index (κ2) is 6.55. The first kappa shape index (κ1) is 14.5. The third-order valence-corrected chi connectivity index (χ3v) is 4.89. The highest BCUT2D eigenvalue weighted by Gasteiger charge is 2.20. The topological polar surface area (TPSA) is 31.9 Å². The number of H-pyrrole nitrogens is 1. The fourth-order valence-electron chi connectivity index (χ4n) is 3.59. The molecule has 0 spiro atoms. The number of piperidine rings is 1. The lowest BCUT2D eigenvalue weighted by molar-refractivity contribution is 0.174. The van der Waals surface area contributed by atoms with Crippen LogP contribution < -0.4 is 0 Å². The van der Waals surface area contributed by atoms with E-state index in [0.29, 0.717) is 0 Å². The molecular formula is C20H23N3. The third kappa shape index (κ3) is 3.45. The van der Waals surface area contributed by atoms with Crippen LogP contribution in [0.4, 0.5) is 0 Å². The predicted molar refractivity (Wildman–Crippen MR) is 94.2 cm³/mol. The molecule has 4 rings (SSSR count). The molecule has 0 aliphatic carbocycles. The fourth-order valence-corrected chi connectivity index (χ4v) is 3.59. The summed E-state index contributed by atoms with van der Waals surface area (Å²) in [5.41, 5.74) is 3.69. The summed E-state index contributed by atoms with van der Waals surface area (Å²) >= 11 is 0. The van der Waals surface area contributed by atoms with Crippen LogP contribution in [0.2, 0.25) is 0 Å². The molecule has 0 amide bonds. The number of nitrogens with one attached hydrogen (secondary N) is 1. The maximum Gasteiger partial charge on any atom is 0.121 e. The number of fused-ring (bicyclic) bond motifs is 1. The highest BCUT2D eigenvalue weighted by Crippen LogP contribution is 2.23. The van der Waals surface area contributed by atoms with E-state index in [4.69, 9.17) is 4.98 Å². The number of imidazole rings is 1. The third-order valence-electron chi connectivity index (χ3n) is 4.89. The number of aromatic amines is 1. The molecule has 0 radical (unpaired) electrons. The Bertz CT molecular complexity index is 722. The Labute approximate surface area is 137 Å².